The average molecular weight is 340 g/mol. The van der Waals surface area contributed by atoms with E-state index in [4.69, 9.17) is 4.74 Å². The standard InChI is InChI=1S/C15H24N4O3S/c1-4-13-18-12(9-23-13)10(2)16-14(20)17-11-5-7-19(8-6-11)15(21)22-3/h9-11H,4-8H2,1-3H3,(H2,16,17,20)/t10-/m1/s1. The van der Waals surface area contributed by atoms with Crippen molar-refractivity contribution in [2.45, 2.75) is 45.2 Å². The van der Waals surface area contributed by atoms with E-state index in [0.717, 1.165) is 30.0 Å². The van der Waals surface area contributed by atoms with Gasteiger partial charge in [-0.3, -0.25) is 0 Å². The zero-order chi connectivity index (χ0) is 16.8. The van der Waals surface area contributed by atoms with Crippen molar-refractivity contribution in [3.63, 3.8) is 0 Å². The van der Waals surface area contributed by atoms with Crippen LogP contribution in [0.4, 0.5) is 9.59 Å². The first-order chi connectivity index (χ1) is 11.0. The summed E-state index contributed by atoms with van der Waals surface area (Å²) in [5.41, 5.74) is 0.891. The second-order valence-corrected chi connectivity index (χ2v) is 6.53. The van der Waals surface area contributed by atoms with E-state index in [2.05, 4.69) is 22.5 Å². The molecule has 0 bridgehead atoms. The molecule has 2 heterocycles. The maximum absolute atomic E-state index is 12.1. The molecular weight excluding hydrogens is 316 g/mol. The smallest absolute Gasteiger partial charge is 0.409 e. The summed E-state index contributed by atoms with van der Waals surface area (Å²) in [6.07, 6.45) is 2.06. The second-order valence-electron chi connectivity index (χ2n) is 5.59. The van der Waals surface area contributed by atoms with Crippen molar-refractivity contribution < 1.29 is 14.3 Å². The summed E-state index contributed by atoms with van der Waals surface area (Å²) < 4.78 is 4.70. The number of thiazole rings is 1. The van der Waals surface area contributed by atoms with Gasteiger partial charge in [0, 0.05) is 24.5 Å². The summed E-state index contributed by atoms with van der Waals surface area (Å²) in [6.45, 7) is 5.18. The highest BCUT2D eigenvalue weighted by molar-refractivity contribution is 7.09. The van der Waals surface area contributed by atoms with Gasteiger partial charge in [0.25, 0.3) is 0 Å². The SMILES string of the molecule is CCc1nc([C@@H](C)NC(=O)NC2CCN(C(=O)OC)CC2)cs1. The van der Waals surface area contributed by atoms with Gasteiger partial charge >= 0.3 is 12.1 Å². The molecule has 1 aliphatic heterocycles. The Balaban J connectivity index is 1.76. The Morgan fingerprint density at radius 1 is 1.48 bits per heavy atom. The minimum absolute atomic E-state index is 0.0738. The number of likely N-dealkylation sites (tertiary alicyclic amines) is 1. The Morgan fingerprint density at radius 3 is 2.74 bits per heavy atom. The van der Waals surface area contributed by atoms with Gasteiger partial charge in [-0.25, -0.2) is 14.6 Å². The third kappa shape index (κ3) is 4.82. The van der Waals surface area contributed by atoms with Gasteiger partial charge in [0.15, 0.2) is 0 Å². The first kappa shape index (κ1) is 17.5. The lowest BCUT2D eigenvalue weighted by Crippen LogP contribution is -2.49. The van der Waals surface area contributed by atoms with E-state index in [1.165, 1.54) is 7.11 Å². The Bertz CT molecular complexity index is 541. The fraction of sp³-hybridized carbons (Fsp3) is 0.667. The molecule has 1 fully saturated rings. The first-order valence-electron chi connectivity index (χ1n) is 7.87. The normalized spacial score (nSPS) is 16.7. The number of aryl methyl sites for hydroxylation is 1. The molecule has 1 aliphatic rings. The van der Waals surface area contributed by atoms with Crippen LogP contribution in [-0.4, -0.2) is 48.2 Å². The number of amides is 3. The molecule has 23 heavy (non-hydrogen) atoms. The predicted octanol–water partition coefficient (Wildman–Crippen LogP) is 2.30. The maximum atomic E-state index is 12.1. The lowest BCUT2D eigenvalue weighted by molar-refractivity contribution is 0.110. The molecule has 0 spiro atoms. The van der Waals surface area contributed by atoms with Gasteiger partial charge < -0.3 is 20.3 Å². The van der Waals surface area contributed by atoms with Crippen LogP contribution >= 0.6 is 11.3 Å². The van der Waals surface area contributed by atoms with Crippen molar-refractivity contribution in [2.24, 2.45) is 0 Å². The zero-order valence-corrected chi connectivity index (χ0v) is 14.6. The minimum atomic E-state index is -0.309. The average Bonchev–Trinajstić information content (AvgIpc) is 3.04. The van der Waals surface area contributed by atoms with Gasteiger partial charge in [-0.05, 0) is 26.2 Å². The number of rotatable bonds is 4. The molecule has 0 aliphatic carbocycles. The molecule has 1 saturated heterocycles. The van der Waals surface area contributed by atoms with Crippen LogP contribution in [0, 0.1) is 0 Å². The summed E-state index contributed by atoms with van der Waals surface area (Å²) in [4.78, 5) is 29.7. The van der Waals surface area contributed by atoms with Gasteiger partial charge in [0.05, 0.1) is 23.9 Å². The van der Waals surface area contributed by atoms with E-state index >= 15 is 0 Å². The minimum Gasteiger partial charge on any atom is -0.453 e. The molecule has 2 rings (SSSR count). The summed E-state index contributed by atoms with van der Waals surface area (Å²) in [7, 11) is 1.38. The van der Waals surface area contributed by atoms with Gasteiger partial charge in [0.1, 0.15) is 0 Å². The molecule has 1 aromatic heterocycles. The number of carbonyl (C=O) groups is 2. The third-order valence-electron chi connectivity index (χ3n) is 3.93. The van der Waals surface area contributed by atoms with E-state index in [1.54, 1.807) is 16.2 Å². The number of hydrogen-bond donors (Lipinski definition) is 2. The van der Waals surface area contributed by atoms with Crippen molar-refractivity contribution >= 4 is 23.5 Å². The molecule has 0 unspecified atom stereocenters. The molecule has 0 radical (unpaired) electrons. The lowest BCUT2D eigenvalue weighted by atomic mass is 10.1. The van der Waals surface area contributed by atoms with E-state index in [0.29, 0.717) is 13.1 Å². The number of nitrogens with one attached hydrogen (secondary N) is 2. The van der Waals surface area contributed by atoms with Crippen molar-refractivity contribution in [3.8, 4) is 0 Å². The first-order valence-corrected chi connectivity index (χ1v) is 8.75. The van der Waals surface area contributed by atoms with Crippen LogP contribution in [0.25, 0.3) is 0 Å². The number of hydrogen-bond acceptors (Lipinski definition) is 5. The van der Waals surface area contributed by atoms with Crippen molar-refractivity contribution in [2.75, 3.05) is 20.2 Å². The van der Waals surface area contributed by atoms with Crippen molar-refractivity contribution in [1.29, 1.82) is 0 Å². The lowest BCUT2D eigenvalue weighted by Gasteiger charge is -2.31. The van der Waals surface area contributed by atoms with Crippen LogP contribution in [0.3, 0.4) is 0 Å². The summed E-state index contributed by atoms with van der Waals surface area (Å²) in [5.74, 6) is 0. The Labute approximate surface area is 140 Å². The molecule has 0 saturated carbocycles. The second kappa shape index (κ2) is 8.14. The summed E-state index contributed by atoms with van der Waals surface area (Å²) in [6, 6.07) is -0.244. The van der Waals surface area contributed by atoms with Crippen LogP contribution in [0.1, 0.15) is 43.4 Å². The number of aromatic nitrogens is 1. The number of ether oxygens (including phenoxy) is 1. The number of nitrogens with zero attached hydrogens (tertiary/aromatic N) is 2. The number of piperidine rings is 1. The molecule has 7 nitrogen and oxygen atoms in total. The van der Waals surface area contributed by atoms with Crippen LogP contribution in [0.2, 0.25) is 0 Å². The van der Waals surface area contributed by atoms with Crippen molar-refractivity contribution in [3.05, 3.63) is 16.1 Å². The molecule has 128 valence electrons. The van der Waals surface area contributed by atoms with Gasteiger partial charge in [-0.1, -0.05) is 6.92 Å². The molecule has 3 amide bonds. The molecule has 1 atom stereocenters. The van der Waals surface area contributed by atoms with E-state index in [-0.39, 0.29) is 24.2 Å². The largest absolute Gasteiger partial charge is 0.453 e. The third-order valence-corrected chi connectivity index (χ3v) is 4.94. The monoisotopic (exact) mass is 340 g/mol. The highest BCUT2D eigenvalue weighted by Crippen LogP contribution is 2.17. The highest BCUT2D eigenvalue weighted by atomic mass is 32.1. The Morgan fingerprint density at radius 2 is 2.17 bits per heavy atom. The molecule has 1 aromatic rings. The van der Waals surface area contributed by atoms with E-state index in [1.807, 2.05) is 12.3 Å². The quantitative estimate of drug-likeness (QED) is 0.881. The molecule has 8 heteroatoms. The fourth-order valence-electron chi connectivity index (χ4n) is 2.52. The zero-order valence-electron chi connectivity index (χ0n) is 13.8. The number of urea groups is 1. The highest BCUT2D eigenvalue weighted by Gasteiger charge is 2.24. The summed E-state index contributed by atoms with van der Waals surface area (Å²) >= 11 is 1.61. The molecular formula is C15H24N4O3S. The van der Waals surface area contributed by atoms with Gasteiger partial charge in [0.2, 0.25) is 0 Å². The van der Waals surface area contributed by atoms with Gasteiger partial charge in [-0.15, -0.1) is 11.3 Å². The Hall–Kier alpha value is -1.83. The van der Waals surface area contributed by atoms with Crippen LogP contribution in [0.15, 0.2) is 5.38 Å². The van der Waals surface area contributed by atoms with Crippen LogP contribution < -0.4 is 10.6 Å². The topological polar surface area (TPSA) is 83.6 Å². The maximum Gasteiger partial charge on any atom is 0.409 e. The van der Waals surface area contributed by atoms with Crippen LogP contribution in [-0.2, 0) is 11.2 Å². The fourth-order valence-corrected chi connectivity index (χ4v) is 3.36. The van der Waals surface area contributed by atoms with Crippen LogP contribution in [0.5, 0.6) is 0 Å². The van der Waals surface area contributed by atoms with E-state index in [9.17, 15) is 9.59 Å². The predicted molar refractivity (Wildman–Crippen MR) is 88.6 cm³/mol. The Kier molecular flexibility index (Phi) is 6.20. The van der Waals surface area contributed by atoms with Crippen molar-refractivity contribution in [1.82, 2.24) is 20.5 Å². The molecule has 0 aromatic carbocycles. The number of methoxy groups -OCH3 is 1. The van der Waals surface area contributed by atoms with E-state index < -0.39 is 0 Å². The summed E-state index contributed by atoms with van der Waals surface area (Å²) in [5, 5.41) is 8.94. The number of carbonyl (C=O) groups excluding carboxylic acids is 2. The molecule has 2 N–H and O–H groups in total. The van der Waals surface area contributed by atoms with Gasteiger partial charge in [-0.2, -0.15) is 0 Å².